The van der Waals surface area contributed by atoms with Gasteiger partial charge in [0, 0.05) is 12.2 Å². The number of benzene rings is 2. The monoisotopic (exact) mass is 371 g/mol. The highest BCUT2D eigenvalue weighted by Gasteiger charge is 2.29. The number of carbonyl (C=O) groups is 1. The fourth-order valence-electron chi connectivity index (χ4n) is 3.13. The van der Waals surface area contributed by atoms with Gasteiger partial charge in [-0.3, -0.25) is 4.79 Å². The maximum atomic E-state index is 12.7. The highest BCUT2D eigenvalue weighted by molar-refractivity contribution is 5.95. The summed E-state index contributed by atoms with van der Waals surface area (Å²) in [5.41, 5.74) is 1.33. The summed E-state index contributed by atoms with van der Waals surface area (Å²) in [6.45, 7) is 1.12. The van der Waals surface area contributed by atoms with Crippen LogP contribution in [0.3, 0.4) is 0 Å². The van der Waals surface area contributed by atoms with Gasteiger partial charge in [0.25, 0.3) is 5.91 Å². The molecule has 2 aliphatic heterocycles. The molecule has 27 heavy (non-hydrogen) atoms. The Morgan fingerprint density at radius 1 is 1.15 bits per heavy atom. The van der Waals surface area contributed by atoms with Crippen molar-refractivity contribution in [1.82, 2.24) is 5.32 Å². The summed E-state index contributed by atoms with van der Waals surface area (Å²) >= 11 is 0. The zero-order chi connectivity index (χ0) is 18.6. The molecule has 2 aromatic rings. The Bertz CT molecular complexity index is 807. The molecule has 2 aromatic carbocycles. The summed E-state index contributed by atoms with van der Waals surface area (Å²) < 4.78 is 22.1. The lowest BCUT2D eigenvalue weighted by molar-refractivity contribution is -0.0135. The van der Waals surface area contributed by atoms with Crippen LogP contribution in [0.25, 0.3) is 0 Å². The van der Waals surface area contributed by atoms with E-state index in [1.54, 1.807) is 42.5 Å². The van der Waals surface area contributed by atoms with E-state index in [4.69, 9.17) is 24.1 Å². The third kappa shape index (κ3) is 3.99. The highest BCUT2D eigenvalue weighted by atomic mass is 16.7. The second-order valence-electron chi connectivity index (χ2n) is 6.47. The Hall–Kier alpha value is -2.77. The topological polar surface area (TPSA) is 86.3 Å². The number of nitrogens with one attached hydrogen (secondary N) is 1. The Morgan fingerprint density at radius 3 is 2.78 bits per heavy atom. The van der Waals surface area contributed by atoms with Gasteiger partial charge in [-0.25, -0.2) is 0 Å². The lowest BCUT2D eigenvalue weighted by Crippen LogP contribution is -2.51. The van der Waals surface area contributed by atoms with Crippen LogP contribution >= 0.6 is 0 Å². The van der Waals surface area contributed by atoms with Crippen LogP contribution in [0.2, 0.25) is 0 Å². The maximum Gasteiger partial charge on any atom is 0.251 e. The summed E-state index contributed by atoms with van der Waals surface area (Å²) in [5.74, 6) is 1.70. The van der Waals surface area contributed by atoms with Crippen LogP contribution in [0.1, 0.15) is 22.3 Å². The van der Waals surface area contributed by atoms with Gasteiger partial charge in [0.2, 0.25) is 6.79 Å². The van der Waals surface area contributed by atoms with E-state index in [-0.39, 0.29) is 31.5 Å². The molecular formula is C20H21NO6. The van der Waals surface area contributed by atoms with Crippen molar-refractivity contribution in [2.24, 2.45) is 0 Å². The van der Waals surface area contributed by atoms with Crippen molar-refractivity contribution >= 4 is 5.91 Å². The molecule has 1 fully saturated rings. The first-order valence-electron chi connectivity index (χ1n) is 8.87. The molecule has 7 nitrogen and oxygen atoms in total. The van der Waals surface area contributed by atoms with E-state index in [0.29, 0.717) is 42.4 Å². The standard InChI is InChI=1S/C20H21NO6/c22-10-13-1-4-15(5-2-13)27-19-11-24-8-7-16(19)21-20(23)14-3-6-17-18(9-14)26-12-25-17/h1-6,9,16,19,22H,7-8,10-12H2,(H,21,23)/t16-,19-/m1/s1. The molecule has 0 aromatic heterocycles. The van der Waals surface area contributed by atoms with Gasteiger partial charge >= 0.3 is 0 Å². The largest absolute Gasteiger partial charge is 0.486 e. The van der Waals surface area contributed by atoms with E-state index in [0.717, 1.165) is 5.56 Å². The molecule has 0 aliphatic carbocycles. The zero-order valence-corrected chi connectivity index (χ0v) is 14.7. The molecule has 1 saturated heterocycles. The van der Waals surface area contributed by atoms with E-state index in [1.807, 2.05) is 0 Å². The van der Waals surface area contributed by atoms with Crippen molar-refractivity contribution in [3.8, 4) is 17.2 Å². The van der Waals surface area contributed by atoms with Crippen molar-refractivity contribution in [2.45, 2.75) is 25.2 Å². The number of hydrogen-bond donors (Lipinski definition) is 2. The van der Waals surface area contributed by atoms with Crippen LogP contribution in [-0.2, 0) is 11.3 Å². The van der Waals surface area contributed by atoms with Gasteiger partial charge in [0.1, 0.15) is 11.9 Å². The Labute approximate surface area is 156 Å². The Morgan fingerprint density at radius 2 is 1.96 bits per heavy atom. The predicted molar refractivity (Wildman–Crippen MR) is 96.0 cm³/mol. The van der Waals surface area contributed by atoms with E-state index < -0.39 is 0 Å². The molecular weight excluding hydrogens is 350 g/mol. The average molecular weight is 371 g/mol. The fourth-order valence-corrected chi connectivity index (χ4v) is 3.13. The number of aliphatic hydroxyl groups is 1. The van der Waals surface area contributed by atoms with Crippen molar-refractivity contribution in [2.75, 3.05) is 20.0 Å². The molecule has 1 amide bonds. The summed E-state index contributed by atoms with van der Waals surface area (Å²) in [5, 5.41) is 12.2. The fraction of sp³-hybridized carbons (Fsp3) is 0.350. The molecule has 0 saturated carbocycles. The molecule has 142 valence electrons. The number of rotatable bonds is 5. The number of hydrogen-bond acceptors (Lipinski definition) is 6. The lowest BCUT2D eigenvalue weighted by atomic mass is 10.0. The molecule has 0 bridgehead atoms. The van der Waals surface area contributed by atoms with Gasteiger partial charge in [0.15, 0.2) is 11.5 Å². The summed E-state index contributed by atoms with van der Waals surface area (Å²) in [4.78, 5) is 12.7. The minimum Gasteiger partial charge on any atom is -0.486 e. The first kappa shape index (κ1) is 17.6. The van der Waals surface area contributed by atoms with Gasteiger partial charge in [-0.15, -0.1) is 0 Å². The number of fused-ring (bicyclic) bond motifs is 1. The Kier molecular flexibility index (Phi) is 5.13. The number of carbonyl (C=O) groups excluding carboxylic acids is 1. The minimum absolute atomic E-state index is 0.0129. The second kappa shape index (κ2) is 7.85. The van der Waals surface area contributed by atoms with Gasteiger partial charge in [0.05, 0.1) is 19.3 Å². The number of amides is 1. The number of aliphatic hydroxyl groups excluding tert-OH is 1. The second-order valence-corrected chi connectivity index (χ2v) is 6.47. The van der Waals surface area contributed by atoms with E-state index in [9.17, 15) is 4.79 Å². The lowest BCUT2D eigenvalue weighted by Gasteiger charge is -2.32. The van der Waals surface area contributed by atoms with E-state index >= 15 is 0 Å². The van der Waals surface area contributed by atoms with Crippen LogP contribution in [0.15, 0.2) is 42.5 Å². The predicted octanol–water partition coefficient (Wildman–Crippen LogP) is 1.87. The summed E-state index contributed by atoms with van der Waals surface area (Å²) in [6, 6.07) is 12.2. The molecule has 2 N–H and O–H groups in total. The van der Waals surface area contributed by atoms with Crippen molar-refractivity contribution in [3.63, 3.8) is 0 Å². The van der Waals surface area contributed by atoms with Crippen LogP contribution in [0.4, 0.5) is 0 Å². The van der Waals surface area contributed by atoms with Crippen LogP contribution in [0.5, 0.6) is 17.2 Å². The average Bonchev–Trinajstić information content (AvgIpc) is 3.18. The van der Waals surface area contributed by atoms with Gasteiger partial charge in [-0.2, -0.15) is 0 Å². The molecule has 0 unspecified atom stereocenters. The molecule has 0 spiro atoms. The maximum absolute atomic E-state index is 12.7. The first-order chi connectivity index (χ1) is 13.2. The summed E-state index contributed by atoms with van der Waals surface area (Å²) in [6.07, 6.45) is 0.368. The third-order valence-electron chi connectivity index (χ3n) is 4.65. The number of ether oxygens (including phenoxy) is 4. The SMILES string of the molecule is O=C(N[C@@H]1CCOC[C@H]1Oc1ccc(CO)cc1)c1ccc2c(c1)OCO2. The van der Waals surface area contributed by atoms with Crippen LogP contribution in [-0.4, -0.2) is 43.2 Å². The van der Waals surface area contributed by atoms with Crippen LogP contribution in [0, 0.1) is 0 Å². The molecule has 7 heteroatoms. The quantitative estimate of drug-likeness (QED) is 0.835. The zero-order valence-electron chi connectivity index (χ0n) is 14.7. The molecule has 2 atom stereocenters. The van der Waals surface area contributed by atoms with Gasteiger partial charge in [-0.05, 0) is 42.3 Å². The van der Waals surface area contributed by atoms with Gasteiger partial charge in [-0.1, -0.05) is 12.1 Å². The minimum atomic E-state index is -0.295. The van der Waals surface area contributed by atoms with Crippen LogP contribution < -0.4 is 19.5 Å². The van der Waals surface area contributed by atoms with E-state index in [2.05, 4.69) is 5.32 Å². The molecule has 0 radical (unpaired) electrons. The smallest absolute Gasteiger partial charge is 0.251 e. The highest BCUT2D eigenvalue weighted by Crippen LogP contribution is 2.32. The normalized spacial score (nSPS) is 20.9. The molecule has 2 heterocycles. The third-order valence-corrected chi connectivity index (χ3v) is 4.65. The Balaban J connectivity index is 1.43. The molecule has 4 rings (SSSR count). The van der Waals surface area contributed by atoms with Crippen molar-refractivity contribution in [3.05, 3.63) is 53.6 Å². The first-order valence-corrected chi connectivity index (χ1v) is 8.87. The van der Waals surface area contributed by atoms with E-state index in [1.165, 1.54) is 0 Å². The van der Waals surface area contributed by atoms with Gasteiger partial charge < -0.3 is 29.4 Å². The summed E-state index contributed by atoms with van der Waals surface area (Å²) in [7, 11) is 0. The van der Waals surface area contributed by atoms with Crippen molar-refractivity contribution in [1.29, 1.82) is 0 Å². The van der Waals surface area contributed by atoms with Crippen molar-refractivity contribution < 1.29 is 28.8 Å². The molecule has 2 aliphatic rings.